The normalized spacial score (nSPS) is 9.79. The molecule has 0 saturated heterocycles. The Morgan fingerprint density at radius 3 is 3.00 bits per heavy atom. The Labute approximate surface area is 82.3 Å². The first-order valence-corrected chi connectivity index (χ1v) is 4.31. The van der Waals surface area contributed by atoms with Crippen molar-refractivity contribution in [2.45, 2.75) is 6.92 Å². The molecule has 1 aromatic heterocycles. The quantitative estimate of drug-likeness (QED) is 0.739. The fourth-order valence-electron chi connectivity index (χ4n) is 0.871. The molecule has 3 N–H and O–H groups in total. The number of hydrogen-bond donors (Lipinski definition) is 2. The average Bonchev–Trinajstić information content (AvgIpc) is 2.18. The second kappa shape index (κ2) is 5.18. The molecule has 1 amide bonds. The van der Waals surface area contributed by atoms with E-state index in [1.54, 1.807) is 12.1 Å². The summed E-state index contributed by atoms with van der Waals surface area (Å²) in [5.41, 5.74) is 6.00. The second-order valence-corrected chi connectivity index (χ2v) is 2.66. The van der Waals surface area contributed by atoms with E-state index in [2.05, 4.69) is 10.3 Å². The molecule has 0 fully saturated rings. The van der Waals surface area contributed by atoms with Gasteiger partial charge in [-0.1, -0.05) is 0 Å². The summed E-state index contributed by atoms with van der Waals surface area (Å²) in [6, 6.07) is 3.31. The van der Waals surface area contributed by atoms with E-state index in [-0.39, 0.29) is 12.5 Å². The zero-order valence-electron chi connectivity index (χ0n) is 7.99. The monoisotopic (exact) mass is 195 g/mol. The number of anilines is 2. The highest BCUT2D eigenvalue weighted by molar-refractivity contribution is 5.91. The van der Waals surface area contributed by atoms with E-state index in [4.69, 9.17) is 10.5 Å². The molecule has 1 heterocycles. The highest BCUT2D eigenvalue weighted by Gasteiger charge is 2.01. The molecule has 76 valence electrons. The van der Waals surface area contributed by atoms with Gasteiger partial charge in [0.2, 0.25) is 5.91 Å². The molecule has 0 radical (unpaired) electrons. The number of hydrogen-bond acceptors (Lipinski definition) is 4. The summed E-state index contributed by atoms with van der Waals surface area (Å²) >= 11 is 0. The summed E-state index contributed by atoms with van der Waals surface area (Å²) in [5.74, 6) is 0.228. The van der Waals surface area contributed by atoms with Crippen LogP contribution in [0.5, 0.6) is 0 Å². The number of carbonyl (C=O) groups excluding carboxylic acids is 1. The van der Waals surface area contributed by atoms with Crippen molar-refractivity contribution < 1.29 is 9.53 Å². The number of nitrogens with zero attached hydrogens (tertiary/aromatic N) is 1. The zero-order valence-corrected chi connectivity index (χ0v) is 7.99. The third kappa shape index (κ3) is 3.40. The standard InChI is InChI=1S/C9H13N3O2/c1-2-14-6-9(13)12-7-3-4-8(10)11-5-7/h3-5H,2,6H2,1H3,(H2,10,11)(H,12,13). The molecule has 1 aromatic rings. The molecule has 0 unspecified atom stereocenters. The van der Waals surface area contributed by atoms with Crippen LogP contribution >= 0.6 is 0 Å². The molecule has 0 bridgehead atoms. The van der Waals surface area contributed by atoms with Crippen LogP contribution in [0.3, 0.4) is 0 Å². The molecule has 5 heteroatoms. The summed E-state index contributed by atoms with van der Waals surface area (Å²) in [4.78, 5) is 15.0. The first kappa shape index (κ1) is 10.5. The van der Waals surface area contributed by atoms with E-state index in [0.717, 1.165) is 0 Å². The predicted molar refractivity (Wildman–Crippen MR) is 53.8 cm³/mol. The van der Waals surface area contributed by atoms with Crippen molar-refractivity contribution in [1.82, 2.24) is 4.98 Å². The van der Waals surface area contributed by atoms with E-state index >= 15 is 0 Å². The van der Waals surface area contributed by atoms with Crippen molar-refractivity contribution in [3.05, 3.63) is 18.3 Å². The maximum absolute atomic E-state index is 11.2. The SMILES string of the molecule is CCOCC(=O)Nc1ccc(N)nc1. The first-order chi connectivity index (χ1) is 6.72. The maximum atomic E-state index is 11.2. The third-order valence-corrected chi connectivity index (χ3v) is 1.51. The van der Waals surface area contributed by atoms with Crippen LogP contribution in [0.1, 0.15) is 6.92 Å². The molecule has 0 saturated carbocycles. The molecule has 0 spiro atoms. The van der Waals surface area contributed by atoms with Gasteiger partial charge in [-0.2, -0.15) is 0 Å². The lowest BCUT2D eigenvalue weighted by atomic mass is 10.4. The number of pyridine rings is 1. The van der Waals surface area contributed by atoms with E-state index in [0.29, 0.717) is 18.1 Å². The van der Waals surface area contributed by atoms with Gasteiger partial charge in [0, 0.05) is 6.61 Å². The van der Waals surface area contributed by atoms with Gasteiger partial charge in [-0.25, -0.2) is 4.98 Å². The summed E-state index contributed by atoms with van der Waals surface area (Å²) in [5, 5.41) is 2.62. The van der Waals surface area contributed by atoms with Crippen LogP contribution in [-0.2, 0) is 9.53 Å². The molecule has 0 aliphatic rings. The van der Waals surface area contributed by atoms with E-state index in [1.807, 2.05) is 6.92 Å². The zero-order chi connectivity index (χ0) is 10.4. The lowest BCUT2D eigenvalue weighted by Gasteiger charge is -2.04. The van der Waals surface area contributed by atoms with Crippen molar-refractivity contribution in [2.24, 2.45) is 0 Å². The number of nitrogens with two attached hydrogens (primary N) is 1. The van der Waals surface area contributed by atoms with Crippen molar-refractivity contribution >= 4 is 17.4 Å². The highest BCUT2D eigenvalue weighted by Crippen LogP contribution is 2.06. The second-order valence-electron chi connectivity index (χ2n) is 2.66. The Morgan fingerprint density at radius 1 is 1.64 bits per heavy atom. The summed E-state index contributed by atoms with van der Waals surface area (Å²) in [6.07, 6.45) is 1.50. The lowest BCUT2D eigenvalue weighted by molar-refractivity contribution is -0.120. The van der Waals surface area contributed by atoms with Crippen LogP contribution in [0.4, 0.5) is 11.5 Å². The summed E-state index contributed by atoms with van der Waals surface area (Å²) in [7, 11) is 0. The van der Waals surface area contributed by atoms with Crippen LogP contribution in [0, 0.1) is 0 Å². The molecule has 0 aliphatic carbocycles. The summed E-state index contributed by atoms with van der Waals surface area (Å²) in [6.45, 7) is 2.41. The highest BCUT2D eigenvalue weighted by atomic mass is 16.5. The van der Waals surface area contributed by atoms with Gasteiger partial charge in [-0.05, 0) is 19.1 Å². The smallest absolute Gasteiger partial charge is 0.250 e. The predicted octanol–water partition coefficient (Wildman–Crippen LogP) is 0.639. The fourth-order valence-corrected chi connectivity index (χ4v) is 0.871. The van der Waals surface area contributed by atoms with Crippen LogP contribution in [0.25, 0.3) is 0 Å². The summed E-state index contributed by atoms with van der Waals surface area (Å²) < 4.78 is 4.93. The van der Waals surface area contributed by atoms with Gasteiger partial charge >= 0.3 is 0 Å². The Kier molecular flexibility index (Phi) is 3.87. The van der Waals surface area contributed by atoms with Crippen molar-refractivity contribution in [3.63, 3.8) is 0 Å². The van der Waals surface area contributed by atoms with E-state index in [9.17, 15) is 4.79 Å². The van der Waals surface area contributed by atoms with Crippen LogP contribution in [0.2, 0.25) is 0 Å². The number of rotatable bonds is 4. The molecule has 5 nitrogen and oxygen atoms in total. The van der Waals surface area contributed by atoms with Crippen molar-refractivity contribution in [2.75, 3.05) is 24.3 Å². The lowest BCUT2D eigenvalue weighted by Crippen LogP contribution is -2.18. The molecule has 0 atom stereocenters. The number of amides is 1. The van der Waals surface area contributed by atoms with Gasteiger partial charge in [0.05, 0.1) is 11.9 Å². The molecule has 0 aliphatic heterocycles. The number of nitrogen functional groups attached to an aromatic ring is 1. The molecular weight excluding hydrogens is 182 g/mol. The largest absolute Gasteiger partial charge is 0.384 e. The molecule has 1 rings (SSSR count). The van der Waals surface area contributed by atoms with Gasteiger partial charge in [0.1, 0.15) is 12.4 Å². The minimum absolute atomic E-state index is 0.0564. The third-order valence-electron chi connectivity index (χ3n) is 1.51. The molecular formula is C9H13N3O2. The van der Waals surface area contributed by atoms with Crippen molar-refractivity contribution in [1.29, 1.82) is 0 Å². The topological polar surface area (TPSA) is 77.2 Å². The number of nitrogens with one attached hydrogen (secondary N) is 1. The maximum Gasteiger partial charge on any atom is 0.250 e. The Balaban J connectivity index is 2.44. The van der Waals surface area contributed by atoms with Crippen LogP contribution < -0.4 is 11.1 Å². The van der Waals surface area contributed by atoms with Gasteiger partial charge in [0.15, 0.2) is 0 Å². The first-order valence-electron chi connectivity index (χ1n) is 4.31. The number of aromatic nitrogens is 1. The average molecular weight is 195 g/mol. The van der Waals surface area contributed by atoms with Crippen LogP contribution in [-0.4, -0.2) is 24.1 Å². The number of ether oxygens (including phenoxy) is 1. The molecule has 0 aromatic carbocycles. The minimum atomic E-state index is -0.196. The Hall–Kier alpha value is -1.62. The van der Waals surface area contributed by atoms with Crippen LogP contribution in [0.15, 0.2) is 18.3 Å². The van der Waals surface area contributed by atoms with Gasteiger partial charge in [-0.15, -0.1) is 0 Å². The Morgan fingerprint density at radius 2 is 2.43 bits per heavy atom. The minimum Gasteiger partial charge on any atom is -0.384 e. The Bertz CT molecular complexity index is 297. The van der Waals surface area contributed by atoms with E-state index < -0.39 is 0 Å². The van der Waals surface area contributed by atoms with Gasteiger partial charge < -0.3 is 15.8 Å². The number of carbonyl (C=O) groups is 1. The van der Waals surface area contributed by atoms with Gasteiger partial charge in [-0.3, -0.25) is 4.79 Å². The van der Waals surface area contributed by atoms with Gasteiger partial charge in [0.25, 0.3) is 0 Å². The molecule has 14 heavy (non-hydrogen) atoms. The van der Waals surface area contributed by atoms with Crippen molar-refractivity contribution in [3.8, 4) is 0 Å². The van der Waals surface area contributed by atoms with E-state index in [1.165, 1.54) is 6.20 Å². The fraction of sp³-hybridized carbons (Fsp3) is 0.333.